The highest BCUT2D eigenvalue weighted by Gasteiger charge is 2.38. The molecule has 0 saturated carbocycles. The summed E-state index contributed by atoms with van der Waals surface area (Å²) in [7, 11) is 0. The summed E-state index contributed by atoms with van der Waals surface area (Å²) in [5, 5.41) is 0. The first-order valence-corrected chi connectivity index (χ1v) is 9.13. The van der Waals surface area contributed by atoms with E-state index in [-0.39, 0.29) is 12.1 Å². The van der Waals surface area contributed by atoms with Crippen molar-refractivity contribution >= 4 is 29.2 Å². The Morgan fingerprint density at radius 3 is 2.70 bits per heavy atom. The molecular formula is C21H16N4OS. The van der Waals surface area contributed by atoms with Crippen LogP contribution in [0.5, 0.6) is 0 Å². The van der Waals surface area contributed by atoms with Crippen LogP contribution in [0.3, 0.4) is 0 Å². The van der Waals surface area contributed by atoms with Gasteiger partial charge in [0.25, 0.3) is 5.91 Å². The Labute approximate surface area is 160 Å². The third-order valence-electron chi connectivity index (χ3n) is 4.97. The topological polar surface area (TPSA) is 53.9 Å². The molecule has 1 unspecified atom stereocenters. The predicted molar refractivity (Wildman–Crippen MR) is 106 cm³/mol. The van der Waals surface area contributed by atoms with Crippen LogP contribution in [0.1, 0.15) is 27.7 Å². The van der Waals surface area contributed by atoms with Gasteiger partial charge in [-0.05, 0) is 42.0 Å². The van der Waals surface area contributed by atoms with Gasteiger partial charge in [0.05, 0.1) is 11.0 Å². The van der Waals surface area contributed by atoms with E-state index in [1.807, 2.05) is 70.1 Å². The molecule has 0 spiro atoms. The number of aromatic amines is 1. The summed E-state index contributed by atoms with van der Waals surface area (Å²) in [5.41, 5.74) is 4.61. The molecule has 27 heavy (non-hydrogen) atoms. The van der Waals surface area contributed by atoms with E-state index in [0.29, 0.717) is 11.3 Å². The van der Waals surface area contributed by atoms with Gasteiger partial charge in [-0.25, -0.2) is 0 Å². The number of H-pyrrole nitrogens is 1. The molecule has 0 saturated heterocycles. The molecule has 2 aromatic heterocycles. The molecular weight excluding hydrogens is 356 g/mol. The van der Waals surface area contributed by atoms with Crippen molar-refractivity contribution in [2.45, 2.75) is 12.7 Å². The molecule has 6 heteroatoms. The molecule has 1 N–H and O–H groups in total. The van der Waals surface area contributed by atoms with E-state index < -0.39 is 0 Å². The first-order chi connectivity index (χ1) is 13.2. The molecule has 1 aliphatic rings. The molecule has 1 amide bonds. The van der Waals surface area contributed by atoms with Crippen LogP contribution >= 0.6 is 12.2 Å². The smallest absolute Gasteiger partial charge is 0.256 e. The second-order valence-electron chi connectivity index (χ2n) is 6.57. The Bertz CT molecular complexity index is 1210. The SMILES string of the molecule is O=C1c2ccccc2C(n2c(=S)[nH]c3ccccc32)N1Cc1cccnc1. The number of carbonyl (C=O) groups excluding carboxylic acids is 1. The van der Waals surface area contributed by atoms with Crippen LogP contribution in [-0.4, -0.2) is 25.3 Å². The van der Waals surface area contributed by atoms with Crippen molar-refractivity contribution in [2.24, 2.45) is 0 Å². The molecule has 2 aromatic carbocycles. The minimum atomic E-state index is -0.294. The number of pyridine rings is 1. The molecule has 1 atom stereocenters. The fourth-order valence-electron chi connectivity index (χ4n) is 3.79. The summed E-state index contributed by atoms with van der Waals surface area (Å²) >= 11 is 5.63. The lowest BCUT2D eigenvalue weighted by Crippen LogP contribution is -2.31. The highest BCUT2D eigenvalue weighted by atomic mass is 32.1. The second-order valence-corrected chi connectivity index (χ2v) is 6.96. The average Bonchev–Trinajstić information content (AvgIpc) is 3.17. The van der Waals surface area contributed by atoms with Gasteiger partial charge < -0.3 is 9.88 Å². The number of aromatic nitrogens is 3. The molecule has 1 aliphatic heterocycles. The minimum Gasteiger partial charge on any atom is -0.331 e. The van der Waals surface area contributed by atoms with Crippen molar-refractivity contribution in [1.29, 1.82) is 0 Å². The van der Waals surface area contributed by atoms with Crippen LogP contribution in [0.4, 0.5) is 0 Å². The van der Waals surface area contributed by atoms with Gasteiger partial charge in [-0.3, -0.25) is 14.3 Å². The van der Waals surface area contributed by atoms with Crippen LogP contribution in [0, 0.1) is 4.77 Å². The zero-order chi connectivity index (χ0) is 18.4. The summed E-state index contributed by atoms with van der Waals surface area (Å²) in [4.78, 5) is 22.5. The van der Waals surface area contributed by atoms with Gasteiger partial charge in [-0.15, -0.1) is 0 Å². The number of fused-ring (bicyclic) bond motifs is 2. The third-order valence-corrected chi connectivity index (χ3v) is 5.27. The Morgan fingerprint density at radius 1 is 1.04 bits per heavy atom. The number of benzene rings is 2. The minimum absolute atomic E-state index is 0.00614. The highest BCUT2D eigenvalue weighted by molar-refractivity contribution is 7.71. The van der Waals surface area contributed by atoms with Crippen LogP contribution in [-0.2, 0) is 6.54 Å². The number of rotatable bonds is 3. The molecule has 0 fully saturated rings. The van der Waals surface area contributed by atoms with Gasteiger partial charge in [0, 0.05) is 30.1 Å². The molecule has 0 aliphatic carbocycles. The van der Waals surface area contributed by atoms with E-state index in [1.165, 1.54) is 0 Å². The first kappa shape index (κ1) is 16.0. The second kappa shape index (κ2) is 6.17. The van der Waals surface area contributed by atoms with Gasteiger partial charge in [0.1, 0.15) is 6.17 Å². The summed E-state index contributed by atoms with van der Waals surface area (Å²) in [5.74, 6) is 0.00614. The number of nitrogens with one attached hydrogen (secondary N) is 1. The van der Waals surface area contributed by atoms with Crippen molar-refractivity contribution in [3.8, 4) is 0 Å². The molecule has 5 rings (SSSR count). The Balaban J connectivity index is 1.72. The number of carbonyl (C=O) groups is 1. The maximum absolute atomic E-state index is 13.2. The summed E-state index contributed by atoms with van der Waals surface area (Å²) < 4.78 is 2.63. The monoisotopic (exact) mass is 372 g/mol. The fraction of sp³-hybridized carbons (Fsp3) is 0.0952. The van der Waals surface area contributed by atoms with Gasteiger partial charge in [-0.2, -0.15) is 0 Å². The number of nitrogens with zero attached hydrogens (tertiary/aromatic N) is 3. The van der Waals surface area contributed by atoms with Gasteiger partial charge in [0.2, 0.25) is 0 Å². The third kappa shape index (κ3) is 2.49. The van der Waals surface area contributed by atoms with E-state index in [4.69, 9.17) is 12.2 Å². The van der Waals surface area contributed by atoms with Crippen LogP contribution in [0.25, 0.3) is 11.0 Å². The first-order valence-electron chi connectivity index (χ1n) is 8.72. The molecule has 4 aromatic rings. The van der Waals surface area contributed by atoms with Crippen molar-refractivity contribution in [1.82, 2.24) is 19.4 Å². The lowest BCUT2D eigenvalue weighted by molar-refractivity contribution is 0.0685. The van der Waals surface area contributed by atoms with Gasteiger partial charge in [0.15, 0.2) is 4.77 Å². The van der Waals surface area contributed by atoms with Crippen LogP contribution in [0.15, 0.2) is 73.1 Å². The average molecular weight is 372 g/mol. The van der Waals surface area contributed by atoms with E-state index >= 15 is 0 Å². The normalized spacial score (nSPS) is 16.1. The number of imidazole rings is 1. The number of para-hydroxylation sites is 2. The molecule has 5 nitrogen and oxygen atoms in total. The largest absolute Gasteiger partial charge is 0.331 e. The lowest BCUT2D eigenvalue weighted by Gasteiger charge is -2.27. The number of amides is 1. The molecule has 132 valence electrons. The Morgan fingerprint density at radius 2 is 1.85 bits per heavy atom. The quantitative estimate of drug-likeness (QED) is 0.546. The van der Waals surface area contributed by atoms with E-state index in [2.05, 4.69) is 9.97 Å². The summed E-state index contributed by atoms with van der Waals surface area (Å²) in [6.45, 7) is 0.466. The summed E-state index contributed by atoms with van der Waals surface area (Å²) in [6, 6.07) is 19.6. The predicted octanol–water partition coefficient (Wildman–Crippen LogP) is 4.30. The Hall–Kier alpha value is -3.25. The maximum atomic E-state index is 13.2. The van der Waals surface area contributed by atoms with Crippen molar-refractivity contribution in [3.05, 3.63) is 94.5 Å². The Kier molecular flexibility index (Phi) is 3.65. The van der Waals surface area contributed by atoms with Crippen LogP contribution < -0.4 is 0 Å². The maximum Gasteiger partial charge on any atom is 0.256 e. The fourth-order valence-corrected chi connectivity index (χ4v) is 4.10. The van der Waals surface area contributed by atoms with E-state index in [9.17, 15) is 4.79 Å². The van der Waals surface area contributed by atoms with E-state index in [1.54, 1.807) is 12.4 Å². The zero-order valence-corrected chi connectivity index (χ0v) is 15.2. The van der Waals surface area contributed by atoms with Gasteiger partial charge >= 0.3 is 0 Å². The zero-order valence-electron chi connectivity index (χ0n) is 14.4. The van der Waals surface area contributed by atoms with Crippen molar-refractivity contribution < 1.29 is 4.79 Å². The standard InChI is InChI=1S/C21H16N4OS/c26-20-16-8-2-1-7-15(16)19(24(20)13-14-6-5-11-22-12-14)25-18-10-4-3-9-17(18)23-21(25)27/h1-12,19H,13H2,(H,23,27). The van der Waals surface area contributed by atoms with E-state index in [0.717, 1.165) is 27.7 Å². The molecule has 3 heterocycles. The lowest BCUT2D eigenvalue weighted by atomic mass is 10.1. The number of hydrogen-bond acceptors (Lipinski definition) is 3. The highest BCUT2D eigenvalue weighted by Crippen LogP contribution is 2.37. The van der Waals surface area contributed by atoms with Crippen molar-refractivity contribution in [2.75, 3.05) is 0 Å². The van der Waals surface area contributed by atoms with Crippen LogP contribution in [0.2, 0.25) is 0 Å². The molecule has 0 radical (unpaired) electrons. The molecule has 0 bridgehead atoms. The van der Waals surface area contributed by atoms with Gasteiger partial charge in [-0.1, -0.05) is 36.4 Å². The van der Waals surface area contributed by atoms with Crippen molar-refractivity contribution in [3.63, 3.8) is 0 Å². The summed E-state index contributed by atoms with van der Waals surface area (Å²) in [6.07, 6.45) is 3.23. The number of hydrogen-bond donors (Lipinski definition) is 1.